The molecular formula is C16H14F4N4O2. The van der Waals surface area contributed by atoms with E-state index in [4.69, 9.17) is 10.8 Å². The van der Waals surface area contributed by atoms with Crippen molar-refractivity contribution in [3.05, 3.63) is 40.1 Å². The number of nitriles is 1. The Morgan fingerprint density at radius 3 is 2.23 bits per heavy atom. The van der Waals surface area contributed by atoms with Gasteiger partial charge in [-0.3, -0.25) is 4.79 Å². The van der Waals surface area contributed by atoms with Crippen LogP contribution in [0, 0.1) is 40.5 Å². The maximum absolute atomic E-state index is 14.4. The molecule has 3 N–H and O–H groups in total. The Labute approximate surface area is 145 Å². The van der Waals surface area contributed by atoms with Crippen molar-refractivity contribution in [1.29, 1.82) is 5.26 Å². The average molecular weight is 370 g/mol. The molecule has 0 aliphatic heterocycles. The first-order chi connectivity index (χ1) is 12.1. The summed E-state index contributed by atoms with van der Waals surface area (Å²) in [6.07, 6.45) is -0.681. The summed E-state index contributed by atoms with van der Waals surface area (Å²) in [6, 6.07) is 1.66. The van der Waals surface area contributed by atoms with Crippen molar-refractivity contribution < 1.29 is 27.5 Å². The van der Waals surface area contributed by atoms with E-state index < -0.39 is 52.2 Å². The number of aliphatic carboxylic acids is 1. The van der Waals surface area contributed by atoms with Crippen LogP contribution in [0.3, 0.4) is 0 Å². The fourth-order valence-corrected chi connectivity index (χ4v) is 2.51. The molecule has 0 spiro atoms. The first-order valence-corrected chi connectivity index (χ1v) is 7.51. The fourth-order valence-electron chi connectivity index (χ4n) is 2.51. The Hall–Kier alpha value is -3.09. The second-order valence-electron chi connectivity index (χ2n) is 5.61. The Morgan fingerprint density at radius 1 is 1.27 bits per heavy atom. The zero-order valence-corrected chi connectivity index (χ0v) is 13.8. The molecule has 0 bridgehead atoms. The number of carboxylic acid groups (broad SMARTS) is 1. The second-order valence-corrected chi connectivity index (χ2v) is 5.61. The third kappa shape index (κ3) is 2.96. The minimum Gasteiger partial charge on any atom is -0.481 e. The summed E-state index contributed by atoms with van der Waals surface area (Å²) in [5.74, 6) is -9.38. The molecule has 0 saturated carbocycles. The fraction of sp³-hybridized carbons (Fsp3) is 0.312. The summed E-state index contributed by atoms with van der Waals surface area (Å²) in [4.78, 5) is 11.1. The number of benzene rings is 1. The van der Waals surface area contributed by atoms with Gasteiger partial charge in [-0.1, -0.05) is 13.8 Å². The molecule has 2 rings (SSSR count). The van der Waals surface area contributed by atoms with Gasteiger partial charge in [-0.2, -0.15) is 5.26 Å². The van der Waals surface area contributed by atoms with Crippen LogP contribution in [-0.4, -0.2) is 20.9 Å². The lowest BCUT2D eigenvalue weighted by molar-refractivity contribution is -0.141. The van der Waals surface area contributed by atoms with E-state index in [0.717, 1.165) is 0 Å². The molecule has 2 aromatic rings. The highest BCUT2D eigenvalue weighted by atomic mass is 19.2. The van der Waals surface area contributed by atoms with Crippen molar-refractivity contribution in [1.82, 2.24) is 9.78 Å². The average Bonchev–Trinajstić information content (AvgIpc) is 2.89. The maximum Gasteiger partial charge on any atom is 0.306 e. The van der Waals surface area contributed by atoms with Crippen molar-refractivity contribution in [2.24, 2.45) is 5.92 Å². The summed E-state index contributed by atoms with van der Waals surface area (Å²) in [5.41, 5.74) is 2.99. The first-order valence-electron chi connectivity index (χ1n) is 7.51. The van der Waals surface area contributed by atoms with Gasteiger partial charge in [0.2, 0.25) is 0 Å². The standard InChI is InChI=1S/C16H14F4N4O2/c1-3-7-10(17)12(19)14(13(20)11(7)18)24-9(4-6(2)16(25)26)8(5-21)15(22)23-24/h6H,3-4H2,1-2H3,(H2,22,23)(H,25,26). The predicted molar refractivity (Wildman–Crippen MR) is 82.4 cm³/mol. The molecule has 0 amide bonds. The number of carbonyl (C=O) groups is 1. The minimum absolute atomic E-state index is 0.263. The van der Waals surface area contributed by atoms with E-state index in [0.29, 0.717) is 4.68 Å². The highest BCUT2D eigenvalue weighted by Crippen LogP contribution is 2.31. The highest BCUT2D eigenvalue weighted by molar-refractivity contribution is 5.70. The van der Waals surface area contributed by atoms with Crippen LogP contribution >= 0.6 is 0 Å². The van der Waals surface area contributed by atoms with Gasteiger partial charge in [-0.15, -0.1) is 5.10 Å². The van der Waals surface area contributed by atoms with E-state index >= 15 is 0 Å². The summed E-state index contributed by atoms with van der Waals surface area (Å²) >= 11 is 0. The number of rotatable bonds is 5. The van der Waals surface area contributed by atoms with E-state index in [1.165, 1.54) is 13.8 Å². The largest absolute Gasteiger partial charge is 0.481 e. The van der Waals surface area contributed by atoms with Crippen molar-refractivity contribution in [2.75, 3.05) is 5.73 Å². The monoisotopic (exact) mass is 370 g/mol. The highest BCUT2D eigenvalue weighted by Gasteiger charge is 2.30. The Bertz CT molecular complexity index is 905. The predicted octanol–water partition coefficient (Wildman–Crippen LogP) is 2.71. The van der Waals surface area contributed by atoms with Crippen molar-refractivity contribution in [3.8, 4) is 11.8 Å². The Kier molecular flexibility index (Phi) is 5.20. The SMILES string of the molecule is CCc1c(F)c(F)c(-n2nc(N)c(C#N)c2CC(C)C(=O)O)c(F)c1F. The second kappa shape index (κ2) is 7.03. The smallest absolute Gasteiger partial charge is 0.306 e. The van der Waals surface area contributed by atoms with Gasteiger partial charge in [0.25, 0.3) is 0 Å². The number of hydrogen-bond acceptors (Lipinski definition) is 4. The quantitative estimate of drug-likeness (QED) is 0.622. The van der Waals surface area contributed by atoms with Crippen LogP contribution in [0.1, 0.15) is 30.7 Å². The molecule has 138 valence electrons. The molecular weight excluding hydrogens is 356 g/mol. The summed E-state index contributed by atoms with van der Waals surface area (Å²) in [6.45, 7) is 2.60. The molecule has 0 aliphatic rings. The normalized spacial score (nSPS) is 12.0. The van der Waals surface area contributed by atoms with Gasteiger partial charge in [-0.25, -0.2) is 22.2 Å². The molecule has 0 radical (unpaired) electrons. The van der Waals surface area contributed by atoms with Crippen LogP contribution < -0.4 is 5.73 Å². The van der Waals surface area contributed by atoms with Crippen LogP contribution in [0.2, 0.25) is 0 Å². The van der Waals surface area contributed by atoms with Gasteiger partial charge in [0.05, 0.1) is 11.6 Å². The zero-order valence-electron chi connectivity index (χ0n) is 13.8. The van der Waals surface area contributed by atoms with Crippen LogP contribution in [0.25, 0.3) is 5.69 Å². The molecule has 10 heteroatoms. The summed E-state index contributed by atoms with van der Waals surface area (Å²) < 4.78 is 57.5. The topological polar surface area (TPSA) is 105 Å². The van der Waals surface area contributed by atoms with Crippen molar-refractivity contribution in [3.63, 3.8) is 0 Å². The summed E-state index contributed by atoms with van der Waals surface area (Å²) in [7, 11) is 0. The Balaban J connectivity index is 2.82. The number of nitrogens with zero attached hydrogens (tertiary/aromatic N) is 3. The van der Waals surface area contributed by atoms with Crippen LogP contribution in [0.5, 0.6) is 0 Å². The third-order valence-electron chi connectivity index (χ3n) is 3.94. The van der Waals surface area contributed by atoms with Crippen LogP contribution in [0.4, 0.5) is 23.4 Å². The molecule has 0 aliphatic carbocycles. The lowest BCUT2D eigenvalue weighted by atomic mass is 10.0. The van der Waals surface area contributed by atoms with Crippen LogP contribution in [-0.2, 0) is 17.6 Å². The van der Waals surface area contributed by atoms with Gasteiger partial charge >= 0.3 is 5.97 Å². The maximum atomic E-state index is 14.4. The lowest BCUT2D eigenvalue weighted by Crippen LogP contribution is -2.18. The number of hydrogen-bond donors (Lipinski definition) is 2. The number of nitrogens with two attached hydrogens (primary N) is 1. The zero-order chi connectivity index (χ0) is 19.8. The Morgan fingerprint density at radius 2 is 1.81 bits per heavy atom. The summed E-state index contributed by atoms with van der Waals surface area (Å²) in [5, 5.41) is 21.8. The molecule has 1 heterocycles. The molecule has 0 fully saturated rings. The molecule has 1 aromatic heterocycles. The molecule has 0 saturated heterocycles. The molecule has 6 nitrogen and oxygen atoms in total. The van der Waals surface area contributed by atoms with E-state index in [-0.39, 0.29) is 24.1 Å². The van der Waals surface area contributed by atoms with E-state index in [9.17, 15) is 27.6 Å². The molecule has 1 aromatic carbocycles. The van der Waals surface area contributed by atoms with Crippen molar-refractivity contribution in [2.45, 2.75) is 26.7 Å². The van der Waals surface area contributed by atoms with Gasteiger partial charge in [0.1, 0.15) is 17.3 Å². The third-order valence-corrected chi connectivity index (χ3v) is 3.94. The van der Waals surface area contributed by atoms with Crippen molar-refractivity contribution >= 4 is 11.8 Å². The molecule has 1 unspecified atom stereocenters. The van der Waals surface area contributed by atoms with Gasteiger partial charge in [0, 0.05) is 12.0 Å². The first kappa shape index (κ1) is 19.2. The molecule has 1 atom stereocenters. The number of anilines is 1. The van der Waals surface area contributed by atoms with Crippen LogP contribution in [0.15, 0.2) is 0 Å². The van der Waals surface area contributed by atoms with Gasteiger partial charge in [-0.05, 0) is 6.42 Å². The lowest BCUT2D eigenvalue weighted by Gasteiger charge is -2.14. The number of aromatic nitrogens is 2. The van der Waals surface area contributed by atoms with E-state index in [1.807, 2.05) is 0 Å². The van der Waals surface area contributed by atoms with Gasteiger partial charge < -0.3 is 10.8 Å². The number of nitrogen functional groups attached to an aromatic ring is 1. The number of carboxylic acids is 1. The van der Waals surface area contributed by atoms with E-state index in [2.05, 4.69) is 5.10 Å². The number of halogens is 4. The molecule has 26 heavy (non-hydrogen) atoms. The minimum atomic E-state index is -1.71. The van der Waals surface area contributed by atoms with Gasteiger partial charge in [0.15, 0.2) is 29.1 Å². The van der Waals surface area contributed by atoms with E-state index in [1.54, 1.807) is 6.07 Å².